The van der Waals surface area contributed by atoms with E-state index < -0.39 is 5.91 Å². The summed E-state index contributed by atoms with van der Waals surface area (Å²) in [6.45, 7) is 0. The van der Waals surface area contributed by atoms with Gasteiger partial charge >= 0.3 is 0 Å². The topological polar surface area (TPSA) is 68.0 Å². The molecule has 0 aliphatic rings. The number of nitrogens with zero attached hydrogens (tertiary/aromatic N) is 1. The first-order valence-corrected chi connectivity index (χ1v) is 4.07. The predicted octanol–water partition coefficient (Wildman–Crippen LogP) is 0.985. The lowest BCUT2D eigenvalue weighted by Crippen LogP contribution is -2.13. The smallest absolute Gasteiger partial charge is 0.250 e. The number of nitrogens with two attached hydrogens (primary N) is 1. The number of halogens is 1. The number of pyridine rings is 1. The van der Waals surface area contributed by atoms with E-state index in [1.807, 2.05) is 0 Å². The van der Waals surface area contributed by atoms with Gasteiger partial charge in [-0.15, -0.1) is 0 Å². The minimum atomic E-state index is -0.470. The summed E-state index contributed by atoms with van der Waals surface area (Å²) in [5.41, 5.74) is 6.19. The third kappa shape index (κ3) is 1.73. The molecule has 0 bridgehead atoms. The van der Waals surface area contributed by atoms with Crippen LogP contribution in [0.4, 0.5) is 5.69 Å². The molecule has 0 aromatic carbocycles. The first-order valence-electron chi connectivity index (χ1n) is 3.28. The zero-order valence-electron chi connectivity index (χ0n) is 6.47. The van der Waals surface area contributed by atoms with Gasteiger partial charge < -0.3 is 11.1 Å². The SMILES string of the molecule is CNc1cnc(Br)cc1C(N)=O. The minimum Gasteiger partial charge on any atom is -0.386 e. The van der Waals surface area contributed by atoms with Gasteiger partial charge in [0.1, 0.15) is 4.60 Å². The summed E-state index contributed by atoms with van der Waals surface area (Å²) in [5.74, 6) is -0.470. The molecule has 0 radical (unpaired) electrons. The van der Waals surface area contributed by atoms with Crippen molar-refractivity contribution in [2.45, 2.75) is 0 Å². The normalized spacial score (nSPS) is 9.50. The second kappa shape index (κ2) is 3.53. The van der Waals surface area contributed by atoms with Crippen molar-refractivity contribution in [2.24, 2.45) is 5.73 Å². The van der Waals surface area contributed by atoms with E-state index in [4.69, 9.17) is 5.73 Å². The average molecular weight is 230 g/mol. The van der Waals surface area contributed by atoms with Gasteiger partial charge in [-0.2, -0.15) is 0 Å². The molecule has 0 spiro atoms. The fourth-order valence-corrected chi connectivity index (χ4v) is 1.16. The van der Waals surface area contributed by atoms with Crippen LogP contribution >= 0.6 is 15.9 Å². The predicted molar refractivity (Wildman–Crippen MR) is 50.0 cm³/mol. The van der Waals surface area contributed by atoms with E-state index in [-0.39, 0.29) is 0 Å². The van der Waals surface area contributed by atoms with E-state index in [0.29, 0.717) is 15.9 Å². The second-order valence-corrected chi connectivity index (χ2v) is 2.98. The van der Waals surface area contributed by atoms with Crippen molar-refractivity contribution in [1.82, 2.24) is 4.98 Å². The number of hydrogen-bond donors (Lipinski definition) is 2. The van der Waals surface area contributed by atoms with Gasteiger partial charge in [0.25, 0.3) is 5.91 Å². The van der Waals surface area contributed by atoms with Crippen molar-refractivity contribution in [3.05, 3.63) is 22.4 Å². The first-order chi connectivity index (χ1) is 5.65. The fraction of sp³-hybridized carbons (Fsp3) is 0.143. The second-order valence-electron chi connectivity index (χ2n) is 2.17. The molecule has 1 amide bonds. The van der Waals surface area contributed by atoms with Crippen molar-refractivity contribution >= 4 is 27.5 Å². The van der Waals surface area contributed by atoms with Crippen LogP contribution in [0.5, 0.6) is 0 Å². The Morgan fingerprint density at radius 1 is 1.75 bits per heavy atom. The lowest BCUT2D eigenvalue weighted by atomic mass is 10.2. The molecule has 1 heterocycles. The summed E-state index contributed by atoms with van der Waals surface area (Å²) < 4.78 is 0.593. The van der Waals surface area contributed by atoms with Crippen LogP contribution in [-0.2, 0) is 0 Å². The molecular weight excluding hydrogens is 222 g/mol. The molecule has 64 valence electrons. The lowest BCUT2D eigenvalue weighted by Gasteiger charge is -2.04. The molecule has 1 rings (SSSR count). The van der Waals surface area contributed by atoms with Gasteiger partial charge in [0, 0.05) is 7.05 Å². The Bertz CT molecular complexity index is 314. The molecule has 0 saturated heterocycles. The molecule has 0 fully saturated rings. The molecule has 0 aliphatic carbocycles. The highest BCUT2D eigenvalue weighted by Gasteiger charge is 2.07. The standard InChI is InChI=1S/C7H8BrN3O/c1-10-5-3-11-6(8)2-4(5)7(9)12/h2-3,10H,1H3,(H2,9,12). The van der Waals surface area contributed by atoms with Gasteiger partial charge in [0.2, 0.25) is 0 Å². The number of anilines is 1. The molecular formula is C7H8BrN3O. The number of rotatable bonds is 2. The zero-order valence-corrected chi connectivity index (χ0v) is 8.05. The summed E-state index contributed by atoms with van der Waals surface area (Å²) in [5, 5.41) is 2.82. The Labute approximate surface area is 78.3 Å². The molecule has 3 N–H and O–H groups in total. The van der Waals surface area contributed by atoms with Crippen molar-refractivity contribution in [3.63, 3.8) is 0 Å². The van der Waals surface area contributed by atoms with E-state index in [1.165, 1.54) is 0 Å². The molecule has 4 nitrogen and oxygen atoms in total. The van der Waals surface area contributed by atoms with Crippen LogP contribution in [0.25, 0.3) is 0 Å². The maximum atomic E-state index is 10.9. The van der Waals surface area contributed by atoms with Crippen LogP contribution in [-0.4, -0.2) is 17.9 Å². The molecule has 1 aromatic heterocycles. The van der Waals surface area contributed by atoms with Gasteiger partial charge in [-0.3, -0.25) is 4.79 Å². The number of amides is 1. The van der Waals surface area contributed by atoms with E-state index in [9.17, 15) is 4.79 Å². The Kier molecular flexibility index (Phi) is 2.65. The highest BCUT2D eigenvalue weighted by atomic mass is 79.9. The number of carbonyl (C=O) groups is 1. The summed E-state index contributed by atoms with van der Waals surface area (Å²) in [6.07, 6.45) is 1.55. The van der Waals surface area contributed by atoms with Gasteiger partial charge in [-0.1, -0.05) is 0 Å². The van der Waals surface area contributed by atoms with Crippen LogP contribution in [0, 0.1) is 0 Å². The van der Waals surface area contributed by atoms with E-state index in [2.05, 4.69) is 26.2 Å². The summed E-state index contributed by atoms with van der Waals surface area (Å²) in [7, 11) is 1.71. The first kappa shape index (κ1) is 8.99. The van der Waals surface area contributed by atoms with Gasteiger partial charge in [-0.05, 0) is 22.0 Å². The Morgan fingerprint density at radius 3 is 2.92 bits per heavy atom. The number of aromatic nitrogens is 1. The lowest BCUT2D eigenvalue weighted by molar-refractivity contribution is 0.100. The molecule has 0 atom stereocenters. The third-order valence-electron chi connectivity index (χ3n) is 1.41. The van der Waals surface area contributed by atoms with Crippen LogP contribution in [0.3, 0.4) is 0 Å². The Hall–Kier alpha value is -1.10. The Morgan fingerprint density at radius 2 is 2.42 bits per heavy atom. The summed E-state index contributed by atoms with van der Waals surface area (Å²) in [4.78, 5) is 14.8. The Balaban J connectivity index is 3.21. The van der Waals surface area contributed by atoms with E-state index in [0.717, 1.165) is 0 Å². The summed E-state index contributed by atoms with van der Waals surface area (Å²) in [6, 6.07) is 1.58. The number of carbonyl (C=O) groups excluding carboxylic acids is 1. The van der Waals surface area contributed by atoms with E-state index in [1.54, 1.807) is 19.3 Å². The zero-order chi connectivity index (χ0) is 9.14. The number of primary amides is 1. The molecule has 1 aromatic rings. The number of hydrogen-bond acceptors (Lipinski definition) is 3. The quantitative estimate of drug-likeness (QED) is 0.744. The third-order valence-corrected chi connectivity index (χ3v) is 1.84. The van der Waals surface area contributed by atoms with Crippen LogP contribution in [0.15, 0.2) is 16.9 Å². The average Bonchev–Trinajstić information content (AvgIpc) is 2.04. The monoisotopic (exact) mass is 229 g/mol. The molecule has 12 heavy (non-hydrogen) atoms. The van der Waals surface area contributed by atoms with Crippen LogP contribution in [0.1, 0.15) is 10.4 Å². The highest BCUT2D eigenvalue weighted by Crippen LogP contribution is 2.16. The largest absolute Gasteiger partial charge is 0.386 e. The molecule has 0 saturated carbocycles. The maximum absolute atomic E-state index is 10.9. The maximum Gasteiger partial charge on any atom is 0.250 e. The van der Waals surface area contributed by atoms with Gasteiger partial charge in [0.15, 0.2) is 0 Å². The molecule has 5 heteroatoms. The van der Waals surface area contributed by atoms with Crippen LogP contribution < -0.4 is 11.1 Å². The van der Waals surface area contributed by atoms with Crippen molar-refractivity contribution < 1.29 is 4.79 Å². The van der Waals surface area contributed by atoms with Crippen molar-refractivity contribution in [2.75, 3.05) is 12.4 Å². The van der Waals surface area contributed by atoms with Gasteiger partial charge in [-0.25, -0.2) is 4.98 Å². The van der Waals surface area contributed by atoms with Crippen LogP contribution in [0.2, 0.25) is 0 Å². The molecule has 0 unspecified atom stereocenters. The van der Waals surface area contributed by atoms with E-state index >= 15 is 0 Å². The van der Waals surface area contributed by atoms with Crippen molar-refractivity contribution in [1.29, 1.82) is 0 Å². The summed E-state index contributed by atoms with van der Waals surface area (Å²) >= 11 is 3.15. The fourth-order valence-electron chi connectivity index (χ4n) is 0.833. The molecule has 0 aliphatic heterocycles. The van der Waals surface area contributed by atoms with Gasteiger partial charge in [0.05, 0.1) is 17.4 Å². The van der Waals surface area contributed by atoms with Crippen molar-refractivity contribution in [3.8, 4) is 0 Å². The highest BCUT2D eigenvalue weighted by molar-refractivity contribution is 9.10. The number of nitrogens with one attached hydrogen (secondary N) is 1. The minimum absolute atomic E-state index is 0.430.